The Kier molecular flexibility index (Phi) is 8.44. The molecule has 1 heterocycles. The van der Waals surface area contributed by atoms with Crippen LogP contribution < -0.4 is 9.62 Å². The normalized spacial score (nSPS) is 12.8. The van der Waals surface area contributed by atoms with Crippen molar-refractivity contribution in [1.82, 2.24) is 0 Å². The second kappa shape index (κ2) is 11.9. The van der Waals surface area contributed by atoms with Crippen LogP contribution in [0.25, 0.3) is 0 Å². The number of sulfonamides is 1. The summed E-state index contributed by atoms with van der Waals surface area (Å²) in [6.07, 6.45) is 2.25. The van der Waals surface area contributed by atoms with Crippen LogP contribution in [0.3, 0.4) is 0 Å². The molecule has 38 heavy (non-hydrogen) atoms. The molecule has 0 atom stereocenters. The van der Waals surface area contributed by atoms with Gasteiger partial charge in [0.15, 0.2) is 0 Å². The molecule has 196 valence electrons. The van der Waals surface area contributed by atoms with Gasteiger partial charge in [0.05, 0.1) is 29.6 Å². The molecule has 1 N–H and O–H groups in total. The van der Waals surface area contributed by atoms with Crippen molar-refractivity contribution in [3.63, 3.8) is 0 Å². The van der Waals surface area contributed by atoms with Crippen LogP contribution in [0.5, 0.6) is 0 Å². The summed E-state index contributed by atoms with van der Waals surface area (Å²) in [5.41, 5.74) is 3.99. The molecule has 0 spiro atoms. The average Bonchev–Trinajstić information content (AvgIpc) is 2.91. The van der Waals surface area contributed by atoms with Crippen LogP contribution in [0, 0.1) is 11.3 Å². The number of nitrogens with zero attached hydrogens (tertiary/aromatic N) is 2. The Labute approximate surface area is 222 Å². The lowest BCUT2D eigenvalue weighted by atomic mass is 10.00. The van der Waals surface area contributed by atoms with E-state index in [1.165, 1.54) is 6.07 Å². The molecule has 0 aliphatic carbocycles. The standard InChI is InChI=1S/C29H29N3O5S/c1-2-37-29(34)19-24-6-3-4-8-27(24)38(35,36)31-25-14-15-26-23(18-25)7-5-17-32(26)28(33)16-13-21-9-11-22(20-30)12-10-21/h3-4,6,8-12,14-15,18,31H,2,5,7,13,16-17,19H2,1H3. The van der Waals surface area contributed by atoms with Gasteiger partial charge in [-0.3, -0.25) is 14.3 Å². The first-order valence-corrected chi connectivity index (χ1v) is 14.0. The third-order valence-corrected chi connectivity index (χ3v) is 7.85. The predicted molar refractivity (Wildman–Crippen MR) is 144 cm³/mol. The molecule has 0 fully saturated rings. The van der Waals surface area contributed by atoms with Crippen molar-refractivity contribution < 1.29 is 22.7 Å². The highest BCUT2D eigenvalue weighted by Gasteiger charge is 2.24. The molecule has 4 rings (SSSR count). The van der Waals surface area contributed by atoms with E-state index in [0.29, 0.717) is 36.2 Å². The number of hydrogen-bond acceptors (Lipinski definition) is 6. The zero-order chi connectivity index (χ0) is 27.1. The van der Waals surface area contributed by atoms with Crippen molar-refractivity contribution in [3.8, 4) is 6.07 Å². The Bertz CT molecular complexity index is 1480. The first-order valence-electron chi connectivity index (χ1n) is 12.5. The van der Waals surface area contributed by atoms with Crippen LogP contribution in [0.4, 0.5) is 11.4 Å². The maximum absolute atomic E-state index is 13.2. The number of rotatable bonds is 9. The Morgan fingerprint density at radius 1 is 1.08 bits per heavy atom. The molecule has 0 unspecified atom stereocenters. The summed E-state index contributed by atoms with van der Waals surface area (Å²) in [5, 5.41) is 8.95. The Hall–Kier alpha value is -4.16. The van der Waals surface area contributed by atoms with E-state index in [1.807, 2.05) is 12.1 Å². The summed E-state index contributed by atoms with van der Waals surface area (Å²) in [5.74, 6) is -0.496. The van der Waals surface area contributed by atoms with Crippen molar-refractivity contribution in [2.45, 2.75) is 43.9 Å². The van der Waals surface area contributed by atoms with Crippen molar-refractivity contribution in [3.05, 3.63) is 89.0 Å². The number of nitrogens with one attached hydrogen (secondary N) is 1. The van der Waals surface area contributed by atoms with E-state index >= 15 is 0 Å². The van der Waals surface area contributed by atoms with E-state index in [0.717, 1.165) is 29.7 Å². The van der Waals surface area contributed by atoms with Crippen LogP contribution in [0.15, 0.2) is 71.6 Å². The van der Waals surface area contributed by atoms with Crippen LogP contribution in [-0.4, -0.2) is 33.4 Å². The van der Waals surface area contributed by atoms with Crippen molar-refractivity contribution in [1.29, 1.82) is 5.26 Å². The number of hydrogen-bond donors (Lipinski definition) is 1. The van der Waals surface area contributed by atoms with Gasteiger partial charge in [-0.15, -0.1) is 0 Å². The summed E-state index contributed by atoms with van der Waals surface area (Å²) in [6, 6.07) is 20.8. The highest BCUT2D eigenvalue weighted by molar-refractivity contribution is 7.92. The topological polar surface area (TPSA) is 117 Å². The van der Waals surface area contributed by atoms with Gasteiger partial charge in [0.1, 0.15) is 0 Å². The molecular formula is C29H29N3O5S. The molecule has 0 aromatic heterocycles. The zero-order valence-electron chi connectivity index (χ0n) is 21.1. The second-order valence-electron chi connectivity index (χ2n) is 9.00. The first kappa shape index (κ1) is 26.9. The van der Waals surface area contributed by atoms with Gasteiger partial charge >= 0.3 is 5.97 Å². The highest BCUT2D eigenvalue weighted by atomic mass is 32.2. The fourth-order valence-corrected chi connectivity index (χ4v) is 5.83. The number of benzene rings is 3. The van der Waals surface area contributed by atoms with Gasteiger partial charge < -0.3 is 9.64 Å². The van der Waals surface area contributed by atoms with Crippen LogP contribution in [0.1, 0.15) is 42.0 Å². The van der Waals surface area contributed by atoms with E-state index in [-0.39, 0.29) is 23.8 Å². The second-order valence-corrected chi connectivity index (χ2v) is 10.6. The molecule has 3 aromatic carbocycles. The summed E-state index contributed by atoms with van der Waals surface area (Å²) < 4.78 is 34.0. The monoisotopic (exact) mass is 531 g/mol. The lowest BCUT2D eigenvalue weighted by Gasteiger charge is -2.30. The fraction of sp³-hybridized carbons (Fsp3) is 0.276. The van der Waals surface area contributed by atoms with E-state index in [1.54, 1.807) is 60.4 Å². The molecule has 0 saturated heterocycles. The van der Waals surface area contributed by atoms with Crippen molar-refractivity contribution in [2.75, 3.05) is 22.8 Å². The maximum atomic E-state index is 13.2. The lowest BCUT2D eigenvalue weighted by Crippen LogP contribution is -2.35. The summed E-state index contributed by atoms with van der Waals surface area (Å²) in [7, 11) is -3.96. The predicted octanol–water partition coefficient (Wildman–Crippen LogP) is 4.38. The van der Waals surface area contributed by atoms with Crippen LogP contribution in [-0.2, 0) is 43.6 Å². The number of amides is 1. The SMILES string of the molecule is CCOC(=O)Cc1ccccc1S(=O)(=O)Nc1ccc2c(c1)CCCN2C(=O)CCc1ccc(C#N)cc1. The number of nitriles is 1. The number of carbonyl (C=O) groups is 2. The molecular weight excluding hydrogens is 502 g/mol. The van der Waals surface area contributed by atoms with Crippen molar-refractivity contribution in [2.24, 2.45) is 0 Å². The molecule has 1 aliphatic rings. The summed E-state index contributed by atoms with van der Waals surface area (Å²) in [6.45, 7) is 2.52. The molecule has 9 heteroatoms. The molecule has 8 nitrogen and oxygen atoms in total. The summed E-state index contributed by atoms with van der Waals surface area (Å²) >= 11 is 0. The minimum atomic E-state index is -3.96. The minimum Gasteiger partial charge on any atom is -0.466 e. The van der Waals surface area contributed by atoms with Gasteiger partial charge in [0, 0.05) is 24.3 Å². The smallest absolute Gasteiger partial charge is 0.310 e. The van der Waals surface area contributed by atoms with Crippen LogP contribution in [0.2, 0.25) is 0 Å². The Morgan fingerprint density at radius 2 is 1.84 bits per heavy atom. The molecule has 3 aromatic rings. The lowest BCUT2D eigenvalue weighted by molar-refractivity contribution is -0.142. The molecule has 1 aliphatic heterocycles. The highest BCUT2D eigenvalue weighted by Crippen LogP contribution is 2.31. The number of aryl methyl sites for hydroxylation is 2. The molecule has 0 radical (unpaired) electrons. The van der Waals surface area contributed by atoms with Gasteiger partial charge in [-0.05, 0) is 79.3 Å². The molecule has 1 amide bonds. The maximum Gasteiger partial charge on any atom is 0.310 e. The van der Waals surface area contributed by atoms with Gasteiger partial charge in [-0.25, -0.2) is 8.42 Å². The van der Waals surface area contributed by atoms with Crippen molar-refractivity contribution >= 4 is 33.3 Å². The third kappa shape index (κ3) is 6.39. The zero-order valence-corrected chi connectivity index (χ0v) is 22.0. The minimum absolute atomic E-state index is 0.00321. The Morgan fingerprint density at radius 3 is 2.58 bits per heavy atom. The van der Waals surface area contributed by atoms with Gasteiger partial charge in [0.25, 0.3) is 10.0 Å². The first-order chi connectivity index (χ1) is 18.3. The van der Waals surface area contributed by atoms with E-state index in [2.05, 4.69) is 10.8 Å². The number of anilines is 2. The number of carbonyl (C=O) groups excluding carboxylic acids is 2. The fourth-order valence-electron chi connectivity index (χ4n) is 4.54. The number of ether oxygens (including phenoxy) is 1. The van der Waals surface area contributed by atoms with E-state index in [4.69, 9.17) is 10.00 Å². The quantitative estimate of drug-likeness (QED) is 0.410. The Balaban J connectivity index is 1.48. The van der Waals surface area contributed by atoms with Gasteiger partial charge in [-0.2, -0.15) is 5.26 Å². The average molecular weight is 532 g/mol. The molecule has 0 saturated carbocycles. The number of esters is 1. The van der Waals surface area contributed by atoms with E-state index < -0.39 is 16.0 Å². The van der Waals surface area contributed by atoms with Gasteiger partial charge in [-0.1, -0.05) is 30.3 Å². The van der Waals surface area contributed by atoms with Crippen LogP contribution >= 0.6 is 0 Å². The van der Waals surface area contributed by atoms with E-state index in [9.17, 15) is 18.0 Å². The van der Waals surface area contributed by atoms with Gasteiger partial charge in [0.2, 0.25) is 5.91 Å². The largest absolute Gasteiger partial charge is 0.466 e. The third-order valence-electron chi connectivity index (χ3n) is 6.36. The number of fused-ring (bicyclic) bond motifs is 1. The summed E-state index contributed by atoms with van der Waals surface area (Å²) in [4.78, 5) is 26.8. The molecule has 0 bridgehead atoms.